The molecule has 2 heterocycles. The molecule has 0 atom stereocenters. The van der Waals surface area contributed by atoms with Crippen LogP contribution in [0.3, 0.4) is 0 Å². The molecule has 8 heteroatoms. The van der Waals surface area contributed by atoms with Gasteiger partial charge >= 0.3 is 6.01 Å². The molecule has 0 radical (unpaired) electrons. The van der Waals surface area contributed by atoms with Crippen LogP contribution in [0, 0.1) is 0 Å². The number of hydrogen-bond acceptors (Lipinski definition) is 7. The van der Waals surface area contributed by atoms with Crippen LogP contribution in [0.25, 0.3) is 0 Å². The Morgan fingerprint density at radius 1 is 1.24 bits per heavy atom. The lowest BCUT2D eigenvalue weighted by Crippen LogP contribution is -2.05. The van der Waals surface area contributed by atoms with E-state index in [4.69, 9.17) is 4.74 Å². The fourth-order valence-corrected chi connectivity index (χ4v) is 1.21. The SMILES string of the molecule is CNc1nc(Nc2ccn(C)n2)nc(OC)n1. The first kappa shape index (κ1) is 11.1. The lowest BCUT2D eigenvalue weighted by Gasteiger charge is -2.05. The predicted octanol–water partition coefficient (Wildman–Crippen LogP) is 0.399. The Bertz CT molecular complexity index is 488. The first-order chi connectivity index (χ1) is 8.21. The highest BCUT2D eigenvalue weighted by Gasteiger charge is 2.06. The van der Waals surface area contributed by atoms with Crippen molar-refractivity contribution in [2.45, 2.75) is 0 Å². The average Bonchev–Trinajstić information content (AvgIpc) is 2.74. The summed E-state index contributed by atoms with van der Waals surface area (Å²) in [6, 6.07) is 2.05. The van der Waals surface area contributed by atoms with Gasteiger partial charge in [0.2, 0.25) is 11.9 Å². The summed E-state index contributed by atoms with van der Waals surface area (Å²) < 4.78 is 6.65. The molecule has 8 nitrogen and oxygen atoms in total. The third-order valence-electron chi connectivity index (χ3n) is 1.97. The van der Waals surface area contributed by atoms with Crippen LogP contribution in [-0.2, 0) is 7.05 Å². The third kappa shape index (κ3) is 2.60. The number of aromatic nitrogens is 5. The molecule has 2 rings (SSSR count). The van der Waals surface area contributed by atoms with Gasteiger partial charge in [0.25, 0.3) is 0 Å². The van der Waals surface area contributed by atoms with E-state index < -0.39 is 0 Å². The van der Waals surface area contributed by atoms with Gasteiger partial charge in [-0.25, -0.2) is 0 Å². The molecule has 0 aromatic carbocycles. The summed E-state index contributed by atoms with van der Waals surface area (Å²) in [4.78, 5) is 12.2. The summed E-state index contributed by atoms with van der Waals surface area (Å²) in [5.41, 5.74) is 0. The summed E-state index contributed by atoms with van der Waals surface area (Å²) in [6.45, 7) is 0. The molecule has 0 aliphatic carbocycles. The highest BCUT2D eigenvalue weighted by Crippen LogP contribution is 2.14. The average molecular weight is 235 g/mol. The maximum absolute atomic E-state index is 4.97. The largest absolute Gasteiger partial charge is 0.467 e. The van der Waals surface area contributed by atoms with Crippen LogP contribution in [0.1, 0.15) is 0 Å². The van der Waals surface area contributed by atoms with E-state index in [0.29, 0.717) is 17.7 Å². The molecule has 0 fully saturated rings. The second-order valence-electron chi connectivity index (χ2n) is 3.22. The zero-order chi connectivity index (χ0) is 12.3. The van der Waals surface area contributed by atoms with E-state index in [1.54, 1.807) is 11.7 Å². The van der Waals surface area contributed by atoms with Gasteiger partial charge in [-0.3, -0.25) is 4.68 Å². The first-order valence-electron chi connectivity index (χ1n) is 4.96. The molecule has 2 aromatic rings. The second-order valence-corrected chi connectivity index (χ2v) is 3.22. The molecule has 2 N–H and O–H groups in total. The number of nitrogens with zero attached hydrogens (tertiary/aromatic N) is 5. The molecule has 0 amide bonds. The summed E-state index contributed by atoms with van der Waals surface area (Å²) in [7, 11) is 5.05. The predicted molar refractivity (Wildman–Crippen MR) is 62.4 cm³/mol. The fourth-order valence-electron chi connectivity index (χ4n) is 1.21. The summed E-state index contributed by atoms with van der Waals surface area (Å²) >= 11 is 0. The Morgan fingerprint density at radius 2 is 2.00 bits per heavy atom. The number of anilines is 3. The Balaban J connectivity index is 2.25. The van der Waals surface area contributed by atoms with Crippen LogP contribution in [0.5, 0.6) is 6.01 Å². The third-order valence-corrected chi connectivity index (χ3v) is 1.97. The number of ether oxygens (including phenoxy) is 1. The van der Waals surface area contributed by atoms with Crippen LogP contribution < -0.4 is 15.4 Å². The van der Waals surface area contributed by atoms with Crippen molar-refractivity contribution >= 4 is 17.7 Å². The minimum absolute atomic E-state index is 0.239. The molecule has 0 bridgehead atoms. The van der Waals surface area contributed by atoms with Crippen molar-refractivity contribution in [3.63, 3.8) is 0 Å². The molecule has 0 aliphatic rings. The topological polar surface area (TPSA) is 89.8 Å². The number of methoxy groups -OCH3 is 1. The van der Waals surface area contributed by atoms with Gasteiger partial charge in [0, 0.05) is 26.4 Å². The maximum Gasteiger partial charge on any atom is 0.322 e. The number of hydrogen-bond donors (Lipinski definition) is 2. The lowest BCUT2D eigenvalue weighted by atomic mass is 10.6. The van der Waals surface area contributed by atoms with Crippen molar-refractivity contribution in [1.29, 1.82) is 0 Å². The minimum atomic E-state index is 0.239. The van der Waals surface area contributed by atoms with E-state index >= 15 is 0 Å². The molecular formula is C9H13N7O. The molecule has 0 saturated heterocycles. The van der Waals surface area contributed by atoms with Gasteiger partial charge in [-0.1, -0.05) is 0 Å². The van der Waals surface area contributed by atoms with Crippen molar-refractivity contribution in [2.24, 2.45) is 7.05 Å². The zero-order valence-corrected chi connectivity index (χ0v) is 9.80. The Labute approximate surface area is 98.1 Å². The summed E-state index contributed by atoms with van der Waals surface area (Å²) in [6.07, 6.45) is 1.82. The normalized spacial score (nSPS) is 10.1. The molecule has 0 aliphatic heterocycles. The smallest absolute Gasteiger partial charge is 0.322 e. The van der Waals surface area contributed by atoms with Crippen LogP contribution in [0.2, 0.25) is 0 Å². The molecule has 17 heavy (non-hydrogen) atoms. The molecule has 90 valence electrons. The van der Waals surface area contributed by atoms with Gasteiger partial charge in [-0.2, -0.15) is 20.1 Å². The van der Waals surface area contributed by atoms with Gasteiger partial charge in [-0.05, 0) is 0 Å². The van der Waals surface area contributed by atoms with Crippen molar-refractivity contribution < 1.29 is 4.74 Å². The van der Waals surface area contributed by atoms with Gasteiger partial charge < -0.3 is 15.4 Å². The monoisotopic (exact) mass is 235 g/mol. The Morgan fingerprint density at radius 3 is 2.59 bits per heavy atom. The Hall–Kier alpha value is -2.38. The van der Waals surface area contributed by atoms with Crippen LogP contribution in [-0.4, -0.2) is 38.9 Å². The summed E-state index contributed by atoms with van der Waals surface area (Å²) in [5.74, 6) is 1.46. The first-order valence-corrected chi connectivity index (χ1v) is 4.96. The van der Waals surface area contributed by atoms with Crippen molar-refractivity contribution in [3.8, 4) is 6.01 Å². The second kappa shape index (κ2) is 4.64. The molecule has 0 saturated carbocycles. The van der Waals surface area contributed by atoms with Gasteiger partial charge in [0.15, 0.2) is 5.82 Å². The van der Waals surface area contributed by atoms with E-state index in [-0.39, 0.29) is 6.01 Å². The van der Waals surface area contributed by atoms with Crippen LogP contribution in [0.15, 0.2) is 12.3 Å². The standard InChI is InChI=1S/C9H13N7O/c1-10-7-12-8(14-9(13-7)17-3)11-6-4-5-16(2)15-6/h4-5H,1-3H3,(H2,10,11,12,13,14,15). The van der Waals surface area contributed by atoms with Crippen LogP contribution >= 0.6 is 0 Å². The quantitative estimate of drug-likeness (QED) is 0.792. The summed E-state index contributed by atoms with van der Waals surface area (Å²) in [5, 5.41) is 9.95. The van der Waals surface area contributed by atoms with Gasteiger partial charge in [0.05, 0.1) is 7.11 Å². The fraction of sp³-hybridized carbons (Fsp3) is 0.333. The number of rotatable bonds is 4. The van der Waals surface area contributed by atoms with E-state index in [9.17, 15) is 0 Å². The molecule has 0 unspecified atom stereocenters. The van der Waals surface area contributed by atoms with Gasteiger partial charge in [-0.15, -0.1) is 0 Å². The minimum Gasteiger partial charge on any atom is -0.467 e. The van der Waals surface area contributed by atoms with E-state index in [1.807, 2.05) is 19.3 Å². The van der Waals surface area contributed by atoms with Crippen molar-refractivity contribution in [3.05, 3.63) is 12.3 Å². The van der Waals surface area contributed by atoms with Crippen molar-refractivity contribution in [2.75, 3.05) is 24.8 Å². The van der Waals surface area contributed by atoms with E-state index in [0.717, 1.165) is 0 Å². The van der Waals surface area contributed by atoms with E-state index in [2.05, 4.69) is 30.7 Å². The Kier molecular flexibility index (Phi) is 3.03. The zero-order valence-electron chi connectivity index (χ0n) is 9.80. The van der Waals surface area contributed by atoms with Crippen LogP contribution in [0.4, 0.5) is 17.7 Å². The lowest BCUT2D eigenvalue weighted by molar-refractivity contribution is 0.379. The van der Waals surface area contributed by atoms with Crippen molar-refractivity contribution in [1.82, 2.24) is 24.7 Å². The molecular weight excluding hydrogens is 222 g/mol. The molecule has 2 aromatic heterocycles. The number of nitrogens with one attached hydrogen (secondary N) is 2. The van der Waals surface area contributed by atoms with E-state index in [1.165, 1.54) is 7.11 Å². The maximum atomic E-state index is 4.97. The molecule has 0 spiro atoms. The highest BCUT2D eigenvalue weighted by atomic mass is 16.5. The highest BCUT2D eigenvalue weighted by molar-refractivity contribution is 5.48. The van der Waals surface area contributed by atoms with Gasteiger partial charge in [0.1, 0.15) is 0 Å². The number of aryl methyl sites for hydroxylation is 1.